The summed E-state index contributed by atoms with van der Waals surface area (Å²) >= 11 is 0. The molecule has 0 saturated carbocycles. The van der Waals surface area contributed by atoms with Gasteiger partial charge in [0, 0.05) is 43.3 Å². The van der Waals surface area contributed by atoms with Crippen molar-refractivity contribution in [2.45, 2.75) is 56.1 Å². The molecule has 3 N–H and O–H groups in total. The number of benzene rings is 2. The number of aryl methyl sites for hydroxylation is 1. The van der Waals surface area contributed by atoms with Crippen molar-refractivity contribution in [2.75, 3.05) is 31.6 Å². The van der Waals surface area contributed by atoms with Crippen LogP contribution in [0.3, 0.4) is 0 Å². The lowest BCUT2D eigenvalue weighted by molar-refractivity contribution is -0.110. The Balaban J connectivity index is 1.24. The number of hydrogen-bond donors (Lipinski definition) is 3. The van der Waals surface area contributed by atoms with Crippen molar-refractivity contribution in [3.8, 4) is 0 Å². The first-order chi connectivity index (χ1) is 23.0. The molecule has 0 radical (unpaired) electrons. The van der Waals surface area contributed by atoms with E-state index in [1.165, 1.54) is 16.4 Å². The van der Waals surface area contributed by atoms with Crippen molar-refractivity contribution >= 4 is 39.4 Å². The summed E-state index contributed by atoms with van der Waals surface area (Å²) in [7, 11) is -2.30. The number of carbonyl (C=O) groups is 2. The summed E-state index contributed by atoms with van der Waals surface area (Å²) in [5, 5.41) is 17.3. The van der Waals surface area contributed by atoms with Gasteiger partial charge in [0.15, 0.2) is 6.29 Å². The topological polar surface area (TPSA) is 148 Å². The molecule has 4 heterocycles. The van der Waals surface area contributed by atoms with Gasteiger partial charge in [0.25, 0.3) is 5.91 Å². The monoisotopic (exact) mass is 678 g/mol. The summed E-state index contributed by atoms with van der Waals surface area (Å²) in [5.74, 6) is -0.454. The fraction of sp³-hybridized carbons (Fsp3) is 0.429. The zero-order chi connectivity index (χ0) is 34.0. The largest absolute Gasteiger partial charge is 0.443 e. The maximum atomic E-state index is 14.2. The maximum absolute atomic E-state index is 14.2. The number of sulfonamides is 1. The molecule has 2 amide bonds. The normalized spacial score (nSPS) is 22.5. The summed E-state index contributed by atoms with van der Waals surface area (Å²) in [4.78, 5) is 26.0. The number of aromatic nitrogens is 1. The van der Waals surface area contributed by atoms with Gasteiger partial charge in [0.2, 0.25) is 10.0 Å². The van der Waals surface area contributed by atoms with Gasteiger partial charge in [-0.15, -0.1) is 0 Å². The summed E-state index contributed by atoms with van der Waals surface area (Å²) in [5.41, 5.74) is 2.99. The SMILES string of the molecule is CC(C)CN(C[C@@H](O)[C@H](Cc1ccccc1)NC(=O)OC1COC2OCCC12)S(=O)(=O)c1ccc2c(c1)/C(=C/c1cccn1C)C(=O)N2. The van der Waals surface area contributed by atoms with Crippen molar-refractivity contribution in [3.63, 3.8) is 0 Å². The Kier molecular flexibility index (Phi) is 10.0. The minimum atomic E-state index is -4.16. The molecular weight excluding hydrogens is 636 g/mol. The molecule has 1 aromatic heterocycles. The zero-order valence-corrected chi connectivity index (χ0v) is 28.1. The molecule has 3 aromatic rings. The third-order valence-electron chi connectivity index (χ3n) is 8.96. The lowest BCUT2D eigenvalue weighted by Crippen LogP contribution is -2.51. The number of carbonyl (C=O) groups excluding carboxylic acids is 2. The van der Waals surface area contributed by atoms with E-state index in [4.69, 9.17) is 14.2 Å². The summed E-state index contributed by atoms with van der Waals surface area (Å²) in [6.07, 6.45) is 1.66. The van der Waals surface area contributed by atoms with Gasteiger partial charge < -0.3 is 34.5 Å². The molecule has 2 saturated heterocycles. The van der Waals surface area contributed by atoms with Crippen LogP contribution in [0.2, 0.25) is 0 Å². The first kappa shape index (κ1) is 33.9. The number of aliphatic hydroxyl groups excluding tert-OH is 1. The number of fused-ring (bicyclic) bond motifs is 2. The molecular formula is C35H42N4O8S. The highest BCUT2D eigenvalue weighted by Gasteiger charge is 2.44. The van der Waals surface area contributed by atoms with E-state index < -0.39 is 34.4 Å². The molecule has 0 spiro atoms. The van der Waals surface area contributed by atoms with E-state index in [2.05, 4.69) is 10.6 Å². The minimum Gasteiger partial charge on any atom is -0.443 e. The Morgan fingerprint density at radius 3 is 2.67 bits per heavy atom. The molecule has 2 fully saturated rings. The predicted molar refractivity (Wildman–Crippen MR) is 179 cm³/mol. The number of alkyl carbamates (subject to hydrolysis) is 1. The Morgan fingerprint density at radius 1 is 1.15 bits per heavy atom. The molecule has 12 nitrogen and oxygen atoms in total. The summed E-state index contributed by atoms with van der Waals surface area (Å²) < 4.78 is 48.5. The van der Waals surface area contributed by atoms with Crippen molar-refractivity contribution in [1.82, 2.24) is 14.2 Å². The number of aliphatic hydroxyl groups is 1. The summed E-state index contributed by atoms with van der Waals surface area (Å²) in [6, 6.07) is 16.7. The lowest BCUT2D eigenvalue weighted by atomic mass is 10.0. The van der Waals surface area contributed by atoms with E-state index in [0.717, 1.165) is 17.7 Å². The molecule has 3 unspecified atom stereocenters. The van der Waals surface area contributed by atoms with Crippen LogP contribution in [0, 0.1) is 11.8 Å². The van der Waals surface area contributed by atoms with Crippen molar-refractivity contribution in [1.29, 1.82) is 0 Å². The molecule has 3 aliphatic rings. The van der Waals surface area contributed by atoms with E-state index in [-0.39, 0.29) is 55.0 Å². The van der Waals surface area contributed by atoms with Gasteiger partial charge in [0.05, 0.1) is 41.7 Å². The van der Waals surface area contributed by atoms with Gasteiger partial charge in [0.1, 0.15) is 6.10 Å². The van der Waals surface area contributed by atoms with Gasteiger partial charge in [-0.3, -0.25) is 4.79 Å². The molecule has 2 aromatic carbocycles. The third kappa shape index (κ3) is 7.35. The number of rotatable bonds is 12. The van der Waals surface area contributed by atoms with E-state index in [0.29, 0.717) is 23.4 Å². The highest BCUT2D eigenvalue weighted by atomic mass is 32.2. The van der Waals surface area contributed by atoms with Crippen molar-refractivity contribution in [2.24, 2.45) is 18.9 Å². The van der Waals surface area contributed by atoms with Gasteiger partial charge in [-0.05, 0) is 60.7 Å². The highest BCUT2D eigenvalue weighted by Crippen LogP contribution is 2.36. The van der Waals surface area contributed by atoms with Gasteiger partial charge in [-0.25, -0.2) is 13.2 Å². The van der Waals surface area contributed by atoms with Crippen LogP contribution in [0.4, 0.5) is 10.5 Å². The number of anilines is 1. The van der Waals surface area contributed by atoms with E-state index in [1.54, 1.807) is 12.1 Å². The summed E-state index contributed by atoms with van der Waals surface area (Å²) in [6.45, 7) is 4.37. The Hall–Kier alpha value is -4.01. The van der Waals surface area contributed by atoms with E-state index in [1.807, 2.05) is 74.1 Å². The zero-order valence-electron chi connectivity index (χ0n) is 27.2. The van der Waals surface area contributed by atoms with Crippen LogP contribution in [0.5, 0.6) is 0 Å². The molecule has 3 aliphatic heterocycles. The first-order valence-electron chi connectivity index (χ1n) is 16.2. The Bertz CT molecular complexity index is 1770. The van der Waals surface area contributed by atoms with Gasteiger partial charge in [-0.1, -0.05) is 44.2 Å². The second-order valence-electron chi connectivity index (χ2n) is 13.0. The van der Waals surface area contributed by atoms with Crippen LogP contribution in [0.25, 0.3) is 11.6 Å². The molecule has 256 valence electrons. The first-order valence-corrected chi connectivity index (χ1v) is 17.6. The van der Waals surface area contributed by atoms with Crippen LogP contribution >= 0.6 is 0 Å². The molecule has 6 rings (SSSR count). The van der Waals surface area contributed by atoms with Gasteiger partial charge >= 0.3 is 6.09 Å². The van der Waals surface area contributed by atoms with Crippen LogP contribution in [0.15, 0.2) is 71.8 Å². The van der Waals surface area contributed by atoms with Crippen LogP contribution < -0.4 is 10.6 Å². The number of hydrogen-bond acceptors (Lipinski definition) is 8. The molecule has 0 bridgehead atoms. The number of amides is 2. The fourth-order valence-corrected chi connectivity index (χ4v) is 8.08. The smallest absolute Gasteiger partial charge is 0.407 e. The average Bonchev–Trinajstić information content (AvgIpc) is 3.83. The molecule has 13 heteroatoms. The Labute approximate surface area is 280 Å². The quantitative estimate of drug-likeness (QED) is 0.246. The fourth-order valence-electron chi connectivity index (χ4n) is 6.43. The van der Waals surface area contributed by atoms with Crippen molar-refractivity contribution < 1.29 is 37.3 Å². The molecule has 0 aliphatic carbocycles. The maximum Gasteiger partial charge on any atom is 0.407 e. The van der Waals surface area contributed by atoms with Crippen LogP contribution in [-0.4, -0.2) is 85.2 Å². The highest BCUT2D eigenvalue weighted by molar-refractivity contribution is 7.89. The second-order valence-corrected chi connectivity index (χ2v) is 14.9. The minimum absolute atomic E-state index is 0.00932. The van der Waals surface area contributed by atoms with Crippen LogP contribution in [-0.2, 0) is 42.5 Å². The van der Waals surface area contributed by atoms with Gasteiger partial charge in [-0.2, -0.15) is 4.31 Å². The predicted octanol–water partition coefficient (Wildman–Crippen LogP) is 3.62. The third-order valence-corrected chi connectivity index (χ3v) is 10.8. The number of nitrogens with one attached hydrogen (secondary N) is 2. The average molecular weight is 679 g/mol. The molecule has 48 heavy (non-hydrogen) atoms. The van der Waals surface area contributed by atoms with E-state index in [9.17, 15) is 23.1 Å². The number of ether oxygens (including phenoxy) is 3. The lowest BCUT2D eigenvalue weighted by Gasteiger charge is -2.31. The Morgan fingerprint density at radius 2 is 1.94 bits per heavy atom. The number of nitrogens with zero attached hydrogens (tertiary/aromatic N) is 2. The van der Waals surface area contributed by atoms with Crippen LogP contribution in [0.1, 0.15) is 37.1 Å². The second kappa shape index (κ2) is 14.2. The van der Waals surface area contributed by atoms with E-state index >= 15 is 0 Å². The molecule has 5 atom stereocenters. The van der Waals surface area contributed by atoms with Crippen molar-refractivity contribution in [3.05, 3.63) is 83.7 Å². The standard InChI is InChI=1S/C35H42N4O8S/c1-22(2)19-39(48(43,44)25-11-12-29-27(18-25)28(33(41)36-29)17-24-10-7-14-38(24)3)20-31(40)30(16-23-8-5-4-6-9-23)37-35(42)47-32-21-46-34-26(32)13-15-45-34/h4-12,14,17-18,22,26,30-32,34,40H,13,15-16,19-21H2,1-3H3,(H,36,41)(H,37,42)/b28-17-/t26?,30-,31+,32?,34?/m0/s1.